The molecule has 0 saturated carbocycles. The van der Waals surface area contributed by atoms with E-state index in [1.165, 1.54) is 4.68 Å². The Bertz CT molecular complexity index is 441. The molecule has 0 spiro atoms. The average molecular weight is 206 g/mol. The van der Waals surface area contributed by atoms with Crippen LogP contribution in [0.2, 0.25) is 0 Å². The molecule has 0 fully saturated rings. The Kier molecular flexibility index (Phi) is 2.70. The molecule has 0 aliphatic carbocycles. The largest absolute Gasteiger partial charge is 0.390 e. The maximum absolute atomic E-state index is 9.15. The number of hydrogen-bond donors (Lipinski definition) is 2. The van der Waals surface area contributed by atoms with Crippen molar-refractivity contribution in [1.29, 1.82) is 0 Å². The molecule has 2 N–H and O–H groups in total. The summed E-state index contributed by atoms with van der Waals surface area (Å²) < 4.78 is 1.46. The predicted octanol–water partition coefficient (Wildman–Crippen LogP) is -0.353. The summed E-state index contributed by atoms with van der Waals surface area (Å²) in [7, 11) is 0. The first-order valence-electron chi connectivity index (χ1n) is 4.42. The molecule has 2 aromatic heterocycles. The smallest absolute Gasteiger partial charge is 0.114 e. The van der Waals surface area contributed by atoms with Gasteiger partial charge in [-0.3, -0.25) is 4.98 Å². The van der Waals surface area contributed by atoms with Crippen molar-refractivity contribution in [2.24, 2.45) is 0 Å². The van der Waals surface area contributed by atoms with Gasteiger partial charge in [0, 0.05) is 6.20 Å². The molecule has 15 heavy (non-hydrogen) atoms. The van der Waals surface area contributed by atoms with Gasteiger partial charge in [0.2, 0.25) is 0 Å². The molecule has 0 aliphatic heterocycles. The van der Waals surface area contributed by atoms with Gasteiger partial charge in [0.15, 0.2) is 0 Å². The Hall–Kier alpha value is -1.79. The minimum absolute atomic E-state index is 0.224. The summed E-state index contributed by atoms with van der Waals surface area (Å²) in [6.45, 7) is -0.464. The van der Waals surface area contributed by atoms with Gasteiger partial charge in [-0.05, 0) is 12.1 Å². The number of rotatable bonds is 3. The molecule has 0 atom stereocenters. The molecule has 2 heterocycles. The first kappa shape index (κ1) is 9.75. The molecular weight excluding hydrogens is 196 g/mol. The number of pyridine rings is 1. The van der Waals surface area contributed by atoms with E-state index in [0.717, 1.165) is 0 Å². The zero-order chi connectivity index (χ0) is 10.7. The van der Waals surface area contributed by atoms with E-state index in [9.17, 15) is 0 Å². The van der Waals surface area contributed by atoms with Crippen molar-refractivity contribution in [3.63, 3.8) is 0 Å². The molecule has 0 amide bonds. The van der Waals surface area contributed by atoms with Gasteiger partial charge in [-0.2, -0.15) is 0 Å². The summed E-state index contributed by atoms with van der Waals surface area (Å²) in [5, 5.41) is 25.7. The van der Waals surface area contributed by atoms with Crippen molar-refractivity contribution in [2.45, 2.75) is 13.2 Å². The Morgan fingerprint density at radius 2 is 2.13 bits per heavy atom. The Labute approximate surface area is 85.8 Å². The molecule has 6 nitrogen and oxygen atoms in total. The highest BCUT2D eigenvalue weighted by molar-refractivity contribution is 5.29. The molecule has 2 aromatic rings. The second kappa shape index (κ2) is 4.16. The molecule has 78 valence electrons. The van der Waals surface area contributed by atoms with E-state index in [1.807, 2.05) is 0 Å². The third kappa shape index (κ3) is 1.72. The molecule has 0 saturated heterocycles. The van der Waals surface area contributed by atoms with Gasteiger partial charge in [-0.1, -0.05) is 5.21 Å². The van der Waals surface area contributed by atoms with E-state index in [1.54, 1.807) is 24.5 Å². The van der Waals surface area contributed by atoms with Crippen LogP contribution in [0.5, 0.6) is 0 Å². The van der Waals surface area contributed by atoms with Crippen molar-refractivity contribution in [2.75, 3.05) is 0 Å². The fourth-order valence-electron chi connectivity index (χ4n) is 1.30. The average Bonchev–Trinajstić information content (AvgIpc) is 2.72. The number of aliphatic hydroxyl groups is 2. The lowest BCUT2D eigenvalue weighted by atomic mass is 10.3. The monoisotopic (exact) mass is 206 g/mol. The topological polar surface area (TPSA) is 84.1 Å². The number of nitrogens with zero attached hydrogens (tertiary/aromatic N) is 4. The van der Waals surface area contributed by atoms with Crippen molar-refractivity contribution in [3.05, 3.63) is 35.9 Å². The van der Waals surface area contributed by atoms with Crippen LogP contribution < -0.4 is 0 Å². The first-order chi connectivity index (χ1) is 7.36. The standard InChI is InChI=1S/C9H10N4O2/c14-5-8-9(6-15)13(12-11-8)7-2-1-3-10-4-7/h1-4,14-15H,5-6H2. The van der Waals surface area contributed by atoms with Crippen molar-refractivity contribution >= 4 is 0 Å². The summed E-state index contributed by atoms with van der Waals surface area (Å²) in [4.78, 5) is 3.94. The van der Waals surface area contributed by atoms with Crippen LogP contribution in [0, 0.1) is 0 Å². The zero-order valence-electron chi connectivity index (χ0n) is 7.91. The molecule has 0 aromatic carbocycles. The highest BCUT2D eigenvalue weighted by Gasteiger charge is 2.11. The second-order valence-corrected chi connectivity index (χ2v) is 2.92. The lowest BCUT2D eigenvalue weighted by molar-refractivity contribution is 0.253. The van der Waals surface area contributed by atoms with Crippen LogP contribution >= 0.6 is 0 Å². The predicted molar refractivity (Wildman–Crippen MR) is 51.0 cm³/mol. The summed E-state index contributed by atoms with van der Waals surface area (Å²) in [5.41, 5.74) is 1.56. The van der Waals surface area contributed by atoms with Crippen LogP contribution in [0.15, 0.2) is 24.5 Å². The van der Waals surface area contributed by atoms with E-state index in [-0.39, 0.29) is 13.2 Å². The third-order valence-corrected chi connectivity index (χ3v) is 2.03. The number of aromatic nitrogens is 4. The van der Waals surface area contributed by atoms with Crippen molar-refractivity contribution in [1.82, 2.24) is 20.0 Å². The maximum Gasteiger partial charge on any atom is 0.114 e. The fraction of sp³-hybridized carbons (Fsp3) is 0.222. The molecule has 0 unspecified atom stereocenters. The Morgan fingerprint density at radius 3 is 2.73 bits per heavy atom. The van der Waals surface area contributed by atoms with Crippen LogP contribution in [0.3, 0.4) is 0 Å². The fourth-order valence-corrected chi connectivity index (χ4v) is 1.30. The van der Waals surface area contributed by atoms with E-state index in [4.69, 9.17) is 10.2 Å². The van der Waals surface area contributed by atoms with E-state index >= 15 is 0 Å². The van der Waals surface area contributed by atoms with Crippen molar-refractivity contribution in [3.8, 4) is 5.69 Å². The van der Waals surface area contributed by atoms with Gasteiger partial charge in [-0.15, -0.1) is 5.10 Å². The van der Waals surface area contributed by atoms with Gasteiger partial charge < -0.3 is 10.2 Å². The molecule has 2 rings (SSSR count). The minimum Gasteiger partial charge on any atom is -0.390 e. The molecule has 0 bridgehead atoms. The molecular formula is C9H10N4O2. The van der Waals surface area contributed by atoms with E-state index in [2.05, 4.69) is 15.3 Å². The summed E-state index contributed by atoms with van der Waals surface area (Å²) in [6, 6.07) is 3.55. The maximum atomic E-state index is 9.15. The lowest BCUT2D eigenvalue weighted by Crippen LogP contribution is -2.03. The van der Waals surface area contributed by atoms with Crippen molar-refractivity contribution < 1.29 is 10.2 Å². The van der Waals surface area contributed by atoms with Crippen LogP contribution in [-0.4, -0.2) is 30.2 Å². The van der Waals surface area contributed by atoms with E-state index in [0.29, 0.717) is 17.1 Å². The Balaban J connectivity index is 2.49. The quantitative estimate of drug-likeness (QED) is 0.716. The molecule has 0 radical (unpaired) electrons. The van der Waals surface area contributed by atoms with Crippen LogP contribution in [0.4, 0.5) is 0 Å². The summed E-state index contributed by atoms with van der Waals surface area (Å²) >= 11 is 0. The lowest BCUT2D eigenvalue weighted by Gasteiger charge is -2.03. The summed E-state index contributed by atoms with van der Waals surface area (Å²) in [5.74, 6) is 0. The SMILES string of the molecule is OCc1nnn(-c2cccnc2)c1CO. The zero-order valence-corrected chi connectivity index (χ0v) is 7.91. The highest BCUT2D eigenvalue weighted by atomic mass is 16.3. The highest BCUT2D eigenvalue weighted by Crippen LogP contribution is 2.11. The van der Waals surface area contributed by atoms with Crippen LogP contribution in [-0.2, 0) is 13.2 Å². The third-order valence-electron chi connectivity index (χ3n) is 2.03. The van der Waals surface area contributed by atoms with Gasteiger partial charge in [-0.25, -0.2) is 4.68 Å². The van der Waals surface area contributed by atoms with Gasteiger partial charge in [0.05, 0.1) is 30.8 Å². The van der Waals surface area contributed by atoms with Crippen LogP contribution in [0.25, 0.3) is 5.69 Å². The van der Waals surface area contributed by atoms with Gasteiger partial charge in [0.1, 0.15) is 5.69 Å². The first-order valence-corrected chi connectivity index (χ1v) is 4.42. The number of aliphatic hydroxyl groups excluding tert-OH is 2. The van der Waals surface area contributed by atoms with E-state index < -0.39 is 0 Å². The molecule has 0 aliphatic rings. The van der Waals surface area contributed by atoms with Gasteiger partial charge in [0.25, 0.3) is 0 Å². The minimum atomic E-state index is -0.240. The normalized spacial score (nSPS) is 10.5. The molecule has 6 heteroatoms. The summed E-state index contributed by atoms with van der Waals surface area (Å²) in [6.07, 6.45) is 3.25. The second-order valence-electron chi connectivity index (χ2n) is 2.92. The Morgan fingerprint density at radius 1 is 1.27 bits per heavy atom. The van der Waals surface area contributed by atoms with Crippen LogP contribution in [0.1, 0.15) is 11.4 Å². The number of hydrogen-bond acceptors (Lipinski definition) is 5. The van der Waals surface area contributed by atoms with Gasteiger partial charge >= 0.3 is 0 Å².